The Hall–Kier alpha value is -2.36. The summed E-state index contributed by atoms with van der Waals surface area (Å²) >= 11 is 1.51. The summed E-state index contributed by atoms with van der Waals surface area (Å²) in [6.45, 7) is 3.66. The molecule has 6 heteroatoms. The SMILES string of the molecule is COc1ccc(C)cc1CCC(=O)Nc1sc2c(c1C#N)CCNC2. The lowest BCUT2D eigenvalue weighted by atomic mass is 10.0. The maximum Gasteiger partial charge on any atom is 0.225 e. The van der Waals surface area contributed by atoms with Crippen molar-refractivity contribution in [1.82, 2.24) is 5.32 Å². The lowest BCUT2D eigenvalue weighted by Crippen LogP contribution is -2.22. The number of fused-ring (bicyclic) bond motifs is 1. The molecule has 0 fully saturated rings. The van der Waals surface area contributed by atoms with E-state index in [2.05, 4.69) is 16.7 Å². The van der Waals surface area contributed by atoms with Crippen LogP contribution in [0.15, 0.2) is 18.2 Å². The number of ether oxygens (including phenoxy) is 1. The van der Waals surface area contributed by atoms with Crippen LogP contribution in [0.4, 0.5) is 5.00 Å². The minimum atomic E-state index is -0.0772. The van der Waals surface area contributed by atoms with Gasteiger partial charge in [-0.05, 0) is 43.5 Å². The molecule has 1 aliphatic heterocycles. The van der Waals surface area contributed by atoms with Crippen LogP contribution in [0.3, 0.4) is 0 Å². The van der Waals surface area contributed by atoms with Crippen LogP contribution >= 0.6 is 11.3 Å². The fourth-order valence-corrected chi connectivity index (χ4v) is 4.26. The summed E-state index contributed by atoms with van der Waals surface area (Å²) in [5.74, 6) is 0.723. The van der Waals surface area contributed by atoms with E-state index >= 15 is 0 Å². The summed E-state index contributed by atoms with van der Waals surface area (Å²) in [7, 11) is 1.64. The van der Waals surface area contributed by atoms with Crippen LogP contribution in [0.5, 0.6) is 5.75 Å². The van der Waals surface area contributed by atoms with Crippen molar-refractivity contribution in [3.63, 3.8) is 0 Å². The van der Waals surface area contributed by atoms with Gasteiger partial charge in [-0.1, -0.05) is 17.7 Å². The molecule has 3 rings (SSSR count). The molecule has 1 aromatic heterocycles. The summed E-state index contributed by atoms with van der Waals surface area (Å²) in [6, 6.07) is 8.22. The number of amides is 1. The van der Waals surface area contributed by atoms with E-state index in [-0.39, 0.29) is 5.91 Å². The van der Waals surface area contributed by atoms with Gasteiger partial charge in [-0.15, -0.1) is 11.3 Å². The van der Waals surface area contributed by atoms with Crippen molar-refractivity contribution in [3.05, 3.63) is 45.3 Å². The van der Waals surface area contributed by atoms with Gasteiger partial charge >= 0.3 is 0 Å². The molecule has 5 nitrogen and oxygen atoms in total. The first-order valence-electron chi connectivity index (χ1n) is 8.31. The number of hydrogen-bond acceptors (Lipinski definition) is 5. The summed E-state index contributed by atoms with van der Waals surface area (Å²) in [6.07, 6.45) is 1.79. The second kappa shape index (κ2) is 7.68. The van der Waals surface area contributed by atoms with Crippen LogP contribution in [0.1, 0.15) is 33.6 Å². The number of nitriles is 1. The number of rotatable bonds is 5. The highest BCUT2D eigenvalue weighted by Gasteiger charge is 2.21. The minimum absolute atomic E-state index is 0.0772. The molecule has 25 heavy (non-hydrogen) atoms. The van der Waals surface area contributed by atoms with Crippen LogP contribution in [0.2, 0.25) is 0 Å². The maximum absolute atomic E-state index is 12.4. The molecule has 0 radical (unpaired) electrons. The lowest BCUT2D eigenvalue weighted by Gasteiger charge is -2.11. The third kappa shape index (κ3) is 3.84. The van der Waals surface area contributed by atoms with Crippen molar-refractivity contribution < 1.29 is 9.53 Å². The van der Waals surface area contributed by atoms with Crippen molar-refractivity contribution in [1.29, 1.82) is 5.26 Å². The molecule has 1 aliphatic rings. The molecule has 2 aromatic rings. The van der Waals surface area contributed by atoms with Crippen LogP contribution in [0.25, 0.3) is 0 Å². The predicted molar refractivity (Wildman–Crippen MR) is 99.1 cm³/mol. The average Bonchev–Trinajstić information content (AvgIpc) is 2.97. The predicted octanol–water partition coefficient (Wildman–Crippen LogP) is 3.15. The molecule has 0 unspecified atom stereocenters. The fraction of sp³-hybridized carbons (Fsp3) is 0.368. The number of nitrogens with one attached hydrogen (secondary N) is 2. The highest BCUT2D eigenvalue weighted by molar-refractivity contribution is 7.16. The maximum atomic E-state index is 12.4. The Kier molecular flexibility index (Phi) is 5.37. The quantitative estimate of drug-likeness (QED) is 0.864. The van der Waals surface area contributed by atoms with Crippen LogP contribution in [-0.2, 0) is 24.2 Å². The molecule has 130 valence electrons. The summed E-state index contributed by atoms with van der Waals surface area (Å²) in [5, 5.41) is 16.4. The third-order valence-electron chi connectivity index (χ3n) is 4.35. The highest BCUT2D eigenvalue weighted by Crippen LogP contribution is 2.35. The monoisotopic (exact) mass is 355 g/mol. The summed E-state index contributed by atoms with van der Waals surface area (Å²) in [5.41, 5.74) is 3.87. The Morgan fingerprint density at radius 1 is 1.48 bits per heavy atom. The third-order valence-corrected chi connectivity index (χ3v) is 5.50. The van der Waals surface area contributed by atoms with Gasteiger partial charge in [0.05, 0.1) is 12.7 Å². The lowest BCUT2D eigenvalue weighted by molar-refractivity contribution is -0.116. The highest BCUT2D eigenvalue weighted by atomic mass is 32.1. The fourth-order valence-electron chi connectivity index (χ4n) is 3.08. The van der Waals surface area contributed by atoms with E-state index in [1.165, 1.54) is 11.3 Å². The number of carbonyl (C=O) groups excluding carboxylic acids is 1. The largest absolute Gasteiger partial charge is 0.496 e. The van der Waals surface area contributed by atoms with Gasteiger partial charge in [0.1, 0.15) is 16.8 Å². The van der Waals surface area contributed by atoms with E-state index in [1.54, 1.807) is 7.11 Å². The van der Waals surface area contributed by atoms with E-state index in [1.807, 2.05) is 25.1 Å². The molecule has 2 heterocycles. The second-order valence-electron chi connectivity index (χ2n) is 6.11. The number of methoxy groups -OCH3 is 1. The molecule has 1 amide bonds. The first-order valence-corrected chi connectivity index (χ1v) is 9.12. The topological polar surface area (TPSA) is 74.1 Å². The van der Waals surface area contributed by atoms with Crippen molar-refractivity contribution in [2.24, 2.45) is 0 Å². The van der Waals surface area contributed by atoms with Crippen LogP contribution in [-0.4, -0.2) is 19.6 Å². The first kappa shape index (κ1) is 17.5. The number of benzene rings is 1. The number of thiophene rings is 1. The number of aryl methyl sites for hydroxylation is 2. The average molecular weight is 355 g/mol. The number of carbonyl (C=O) groups is 1. The van der Waals surface area contributed by atoms with Crippen molar-refractivity contribution in [2.75, 3.05) is 19.0 Å². The molecule has 0 saturated carbocycles. The number of anilines is 1. The molecular formula is C19H21N3O2S. The Balaban J connectivity index is 1.69. The van der Waals surface area contributed by atoms with Crippen LogP contribution < -0.4 is 15.4 Å². The zero-order valence-corrected chi connectivity index (χ0v) is 15.3. The Morgan fingerprint density at radius 2 is 2.32 bits per heavy atom. The van der Waals surface area contributed by atoms with Gasteiger partial charge < -0.3 is 15.4 Å². The molecule has 2 N–H and O–H groups in total. The van der Waals surface area contributed by atoms with Crippen molar-refractivity contribution >= 4 is 22.2 Å². The molecule has 0 spiro atoms. The van der Waals surface area contributed by atoms with E-state index in [0.29, 0.717) is 23.4 Å². The molecule has 1 aromatic carbocycles. The Labute approximate surface area is 151 Å². The van der Waals surface area contributed by atoms with Gasteiger partial charge in [0, 0.05) is 17.8 Å². The normalized spacial score (nSPS) is 13.0. The summed E-state index contributed by atoms with van der Waals surface area (Å²) < 4.78 is 5.36. The van der Waals surface area contributed by atoms with E-state index in [9.17, 15) is 10.1 Å². The molecular weight excluding hydrogens is 334 g/mol. The zero-order chi connectivity index (χ0) is 17.8. The van der Waals surface area contributed by atoms with Gasteiger partial charge in [-0.2, -0.15) is 5.26 Å². The van der Waals surface area contributed by atoms with E-state index < -0.39 is 0 Å². The molecule has 0 aliphatic carbocycles. The summed E-state index contributed by atoms with van der Waals surface area (Å²) in [4.78, 5) is 13.5. The molecule has 0 atom stereocenters. The zero-order valence-electron chi connectivity index (χ0n) is 14.4. The Morgan fingerprint density at radius 3 is 3.08 bits per heavy atom. The van der Waals surface area contributed by atoms with E-state index in [4.69, 9.17) is 4.74 Å². The Bertz CT molecular complexity index is 836. The first-order chi connectivity index (χ1) is 12.1. The minimum Gasteiger partial charge on any atom is -0.496 e. The smallest absolute Gasteiger partial charge is 0.225 e. The van der Waals surface area contributed by atoms with Gasteiger partial charge in [0.2, 0.25) is 5.91 Å². The van der Waals surface area contributed by atoms with Gasteiger partial charge in [0.25, 0.3) is 0 Å². The standard InChI is InChI=1S/C19H21N3O2S/c1-12-3-5-16(24-2)13(9-12)4-6-18(23)22-19-15(10-20)14-7-8-21-11-17(14)25-19/h3,5,9,21H,4,6-8,11H2,1-2H3,(H,22,23). The second-order valence-corrected chi connectivity index (χ2v) is 7.22. The molecule has 0 saturated heterocycles. The van der Waals surface area contributed by atoms with Gasteiger partial charge in [-0.25, -0.2) is 0 Å². The van der Waals surface area contributed by atoms with Crippen molar-refractivity contribution in [3.8, 4) is 11.8 Å². The van der Waals surface area contributed by atoms with E-state index in [0.717, 1.165) is 46.8 Å². The number of hydrogen-bond donors (Lipinski definition) is 2. The van der Waals surface area contributed by atoms with Crippen LogP contribution in [0, 0.1) is 18.3 Å². The number of nitrogens with zero attached hydrogens (tertiary/aromatic N) is 1. The van der Waals surface area contributed by atoms with Gasteiger partial charge in [0.15, 0.2) is 0 Å². The molecule has 0 bridgehead atoms. The van der Waals surface area contributed by atoms with Gasteiger partial charge in [-0.3, -0.25) is 4.79 Å². The van der Waals surface area contributed by atoms with Crippen molar-refractivity contribution in [2.45, 2.75) is 32.7 Å².